The predicted octanol–water partition coefficient (Wildman–Crippen LogP) is 8.52. The standard InChI is InChI=1S/C24H19BO7S.C21H17BO7S.C20H17BO7S.C17H21BO7S/c25-14-15-9-10-20(23(26)31-11-12-33(28,29)30)21(13-15)32-24(27)22-18-7-3-1-5-16(18)17-6-2-4-8-19(17)22;22-13-14-8-9-18(20(23)28-10-11-30(25,26)27)19(12-14)29-21(24)17-7-3-5-15-4-1-2-6-16(15)17;21-12-13-5-7-17(19(22)27-9-10-29(24,25)26)18(11-13)28-20(23)16-8-6-14-3-1-2-4-15(14)16;18-11-14-7-6-13(16(19)24-8-9-26(21,22)23)10-15(14)25-17(20)12-4-2-1-3-5-12/h1-10,13,22H,11-12,14H2,(H,28,29,30);1-9,12H,10-11,13H2,(H,25,26,27);1-8,11,16H,9-10,12H2,(H,24,25,26);6-7,10,12H,1-5,8-9,11H2,(H,21,22,23)/p-4. The lowest BCUT2D eigenvalue weighted by atomic mass is 9.89. The molecule has 0 N–H and O–H groups in total. The van der Waals surface area contributed by atoms with E-state index in [0.29, 0.717) is 33.2 Å². The van der Waals surface area contributed by atoms with E-state index < -0.39 is 144 Å². The van der Waals surface area contributed by atoms with Gasteiger partial charge in [-0.25, -0.2) is 57.6 Å². The Balaban J connectivity index is 0.000000180. The maximum absolute atomic E-state index is 13.3. The van der Waals surface area contributed by atoms with Crippen molar-refractivity contribution >= 4 is 136 Å². The maximum Gasteiger partial charge on any atom is 0.344 e. The van der Waals surface area contributed by atoms with Crippen molar-refractivity contribution in [2.75, 3.05) is 49.4 Å². The van der Waals surface area contributed by atoms with Gasteiger partial charge in [0.1, 0.15) is 78.0 Å². The molecule has 0 bridgehead atoms. The highest BCUT2D eigenvalue weighted by Crippen LogP contribution is 2.46. The SMILES string of the molecule is [B]Cc1ccc(C(=O)OCCS(=O)(=O)[O-])c(OC(=O)C2C=Cc3ccccc32)c1.[B]Cc1ccc(C(=O)OCCS(=O)(=O)[O-])c(OC(=O)C2c3ccccc3-c3ccccc32)c1.[B]Cc1ccc(C(=O)OCCS(=O)(=O)[O-])c(OC(=O)c2cccc3ccccc23)c1.[B]Cc1ccc(C(=O)OCCS(=O)(=O)[O-])cc1OC(=O)C1CCCCC1. The van der Waals surface area contributed by atoms with E-state index in [9.17, 15) is 90.2 Å². The molecule has 3 aliphatic carbocycles. The average Bonchev–Trinajstić information content (AvgIpc) is 1.59. The molecule has 606 valence electrons. The minimum Gasteiger partial charge on any atom is -0.748 e. The number of hydrogen-bond donors (Lipinski definition) is 0. The minimum absolute atomic E-state index is 0.0503. The van der Waals surface area contributed by atoms with E-state index in [1.807, 2.05) is 97.1 Å². The summed E-state index contributed by atoms with van der Waals surface area (Å²) >= 11 is 0. The van der Waals surface area contributed by atoms with Crippen molar-refractivity contribution in [2.45, 2.75) is 69.2 Å². The van der Waals surface area contributed by atoms with E-state index >= 15 is 0 Å². The molecule has 0 aliphatic heterocycles. The largest absolute Gasteiger partial charge is 0.748 e. The summed E-state index contributed by atoms with van der Waals surface area (Å²) in [5, 5.41) is 1.53. The molecule has 28 nitrogen and oxygen atoms in total. The molecule has 0 heterocycles. The van der Waals surface area contributed by atoms with Crippen LogP contribution in [0.5, 0.6) is 23.0 Å². The van der Waals surface area contributed by atoms with Gasteiger partial charge in [-0.15, -0.1) is 0 Å². The van der Waals surface area contributed by atoms with Crippen LogP contribution >= 0.6 is 0 Å². The van der Waals surface area contributed by atoms with Gasteiger partial charge >= 0.3 is 47.8 Å². The fourth-order valence-corrected chi connectivity index (χ4v) is 13.5. The van der Waals surface area contributed by atoms with Crippen LogP contribution in [0.1, 0.15) is 140 Å². The highest BCUT2D eigenvalue weighted by molar-refractivity contribution is 7.86. The number of esters is 8. The lowest BCUT2D eigenvalue weighted by Gasteiger charge is -2.20. The summed E-state index contributed by atoms with van der Waals surface area (Å²) in [5.74, 6) is -10.6. The topological polar surface area (TPSA) is 439 Å². The van der Waals surface area contributed by atoms with Gasteiger partial charge in [-0.1, -0.05) is 207 Å². The third-order valence-electron chi connectivity index (χ3n) is 18.2. The smallest absolute Gasteiger partial charge is 0.344 e. The van der Waals surface area contributed by atoms with Crippen LogP contribution in [-0.2, 0) is 99.1 Å². The molecule has 0 aromatic heterocycles. The molecule has 36 heteroatoms. The molecule has 1 unspecified atom stereocenters. The van der Waals surface area contributed by atoms with Crippen LogP contribution in [0.25, 0.3) is 28.0 Å². The van der Waals surface area contributed by atoms with Gasteiger partial charge in [-0.2, -0.15) is 0 Å². The molecular formula is C82H70B4O28S4-4. The Morgan fingerprint density at radius 1 is 0.364 bits per heavy atom. The molecule has 1 fully saturated rings. The lowest BCUT2D eigenvalue weighted by Crippen LogP contribution is -2.23. The zero-order valence-corrected chi connectivity index (χ0v) is 65.9. The van der Waals surface area contributed by atoms with Gasteiger partial charge in [0.15, 0.2) is 0 Å². The van der Waals surface area contributed by atoms with Crippen LogP contribution in [0.3, 0.4) is 0 Å². The van der Waals surface area contributed by atoms with Crippen LogP contribution in [0.15, 0.2) is 194 Å². The number of ether oxygens (including phenoxy) is 8. The Labute approximate surface area is 685 Å². The van der Waals surface area contributed by atoms with Crippen molar-refractivity contribution in [1.82, 2.24) is 0 Å². The molecule has 0 spiro atoms. The van der Waals surface area contributed by atoms with Crippen molar-refractivity contribution < 1.29 is 128 Å². The predicted molar refractivity (Wildman–Crippen MR) is 427 cm³/mol. The molecule has 3 aliphatic rings. The number of carbonyl (C=O) groups excluding carboxylic acids is 8. The van der Waals surface area contributed by atoms with Crippen molar-refractivity contribution in [3.05, 3.63) is 266 Å². The van der Waals surface area contributed by atoms with Gasteiger partial charge in [0.25, 0.3) is 0 Å². The first-order valence-corrected chi connectivity index (χ1v) is 42.5. The molecule has 8 radical (unpaired) electrons. The molecular weight excluding hydrogens is 1600 g/mol. The summed E-state index contributed by atoms with van der Waals surface area (Å²) < 4.78 is 169. The van der Waals surface area contributed by atoms with Crippen LogP contribution in [-0.4, -0.2) is 180 Å². The Bertz CT molecular complexity index is 5700. The molecule has 118 heavy (non-hydrogen) atoms. The zero-order chi connectivity index (χ0) is 85.5. The molecule has 9 aromatic rings. The van der Waals surface area contributed by atoms with Gasteiger partial charge in [-0.05, 0) is 117 Å². The Kier molecular flexibility index (Phi) is 32.0. The number of benzene rings is 9. The van der Waals surface area contributed by atoms with Crippen molar-refractivity contribution in [3.8, 4) is 34.1 Å². The van der Waals surface area contributed by atoms with E-state index in [-0.39, 0.29) is 82.4 Å². The van der Waals surface area contributed by atoms with Gasteiger partial charge in [0, 0.05) is 0 Å². The van der Waals surface area contributed by atoms with E-state index in [2.05, 4.69) is 0 Å². The summed E-state index contributed by atoms with van der Waals surface area (Å²) in [7, 11) is 4.55. The third kappa shape index (κ3) is 26.1. The molecule has 1 atom stereocenters. The molecule has 0 amide bonds. The third-order valence-corrected chi connectivity index (χ3v) is 20.9. The number of carbonyl (C=O) groups is 8. The van der Waals surface area contributed by atoms with Crippen LogP contribution in [0, 0.1) is 5.92 Å². The van der Waals surface area contributed by atoms with Crippen molar-refractivity contribution in [3.63, 3.8) is 0 Å². The lowest BCUT2D eigenvalue weighted by molar-refractivity contribution is -0.140. The van der Waals surface area contributed by atoms with Gasteiger partial charge in [-0.3, -0.25) is 14.4 Å². The van der Waals surface area contributed by atoms with Crippen molar-refractivity contribution in [1.29, 1.82) is 0 Å². The highest BCUT2D eigenvalue weighted by Gasteiger charge is 2.36. The molecule has 0 saturated heterocycles. The van der Waals surface area contributed by atoms with Crippen LogP contribution < -0.4 is 18.9 Å². The second-order valence-corrected chi connectivity index (χ2v) is 32.4. The average molecular weight is 1670 g/mol. The quantitative estimate of drug-likeness (QED) is 0.0146. The second-order valence-electron chi connectivity index (χ2n) is 26.3. The summed E-state index contributed by atoms with van der Waals surface area (Å²) in [4.78, 5) is 100. The number of hydrogen-bond acceptors (Lipinski definition) is 28. The Hall–Kier alpha value is -11.4. The first-order chi connectivity index (χ1) is 56.1. The Morgan fingerprint density at radius 2 is 0.780 bits per heavy atom. The Morgan fingerprint density at radius 3 is 1.25 bits per heavy atom. The first-order valence-electron chi connectivity index (χ1n) is 36.2. The van der Waals surface area contributed by atoms with E-state index in [1.165, 1.54) is 48.5 Å². The van der Waals surface area contributed by atoms with Crippen LogP contribution in [0.4, 0.5) is 0 Å². The second kappa shape index (κ2) is 41.7. The fourth-order valence-electron chi connectivity index (χ4n) is 12.3. The van der Waals surface area contributed by atoms with E-state index in [0.717, 1.165) is 70.9 Å². The first kappa shape index (κ1) is 90.6. The summed E-state index contributed by atoms with van der Waals surface area (Å²) in [6.45, 7) is -2.37. The summed E-state index contributed by atoms with van der Waals surface area (Å²) in [5.41, 5.74) is 7.70. The molecule has 9 aromatic carbocycles. The highest BCUT2D eigenvalue weighted by atomic mass is 32.2. The van der Waals surface area contributed by atoms with Crippen LogP contribution in [0.2, 0.25) is 0 Å². The number of rotatable bonds is 28. The van der Waals surface area contributed by atoms with E-state index in [1.54, 1.807) is 54.6 Å². The molecule has 1 saturated carbocycles. The molecule has 12 rings (SSSR count). The summed E-state index contributed by atoms with van der Waals surface area (Å²) in [6.07, 6.45) is 8.72. The van der Waals surface area contributed by atoms with Gasteiger partial charge in [0.2, 0.25) is 0 Å². The van der Waals surface area contributed by atoms with Gasteiger partial charge in [0.05, 0.1) is 112 Å². The maximum atomic E-state index is 13.3. The van der Waals surface area contributed by atoms with Gasteiger partial charge < -0.3 is 56.1 Å². The number of fused-ring (bicyclic) bond motifs is 5. The zero-order valence-electron chi connectivity index (χ0n) is 62.7. The van der Waals surface area contributed by atoms with Crippen molar-refractivity contribution in [2.24, 2.45) is 5.92 Å². The monoisotopic (exact) mass is 1670 g/mol. The normalized spacial score (nSPS) is 13.5. The summed E-state index contributed by atoms with van der Waals surface area (Å²) in [6, 6.07) is 52.3. The minimum atomic E-state index is -4.54. The van der Waals surface area contributed by atoms with E-state index in [4.69, 9.17) is 69.3 Å². The fraction of sp³-hybridized carbons (Fsp3) is 0.244.